The lowest BCUT2D eigenvalue weighted by Crippen LogP contribution is -2.22. The molecule has 35 heavy (non-hydrogen) atoms. The lowest BCUT2D eigenvalue weighted by Gasteiger charge is -2.16. The number of methoxy groups -OCH3 is 1. The second kappa shape index (κ2) is 10.3. The highest BCUT2D eigenvalue weighted by Crippen LogP contribution is 2.20. The summed E-state index contributed by atoms with van der Waals surface area (Å²) in [7, 11) is 9.12. The van der Waals surface area contributed by atoms with Crippen LogP contribution in [-0.2, 0) is 0 Å². The zero-order chi connectivity index (χ0) is 24.9. The molecule has 0 spiro atoms. The fourth-order valence-corrected chi connectivity index (χ4v) is 3.71. The Bertz CT molecular complexity index is 1450. The van der Waals surface area contributed by atoms with Crippen molar-refractivity contribution < 1.29 is 8.61 Å². The maximum atomic E-state index is 12.3. The van der Waals surface area contributed by atoms with Gasteiger partial charge in [-0.05, 0) is 48.0 Å². The lowest BCUT2D eigenvalue weighted by molar-refractivity contribution is -0.537. The maximum absolute atomic E-state index is 12.3. The Hall–Kier alpha value is -4.32. The molecule has 0 aliphatic rings. The first kappa shape index (κ1) is 23.8. The number of anilines is 4. The second-order valence-corrected chi connectivity index (χ2v) is 8.87. The van der Waals surface area contributed by atoms with Gasteiger partial charge in [-0.3, -0.25) is 4.79 Å². The van der Waals surface area contributed by atoms with Crippen LogP contribution in [0, 0.1) is 0 Å². The first-order valence-electron chi connectivity index (χ1n) is 10.6. The molecule has 0 aliphatic carbocycles. The average Bonchev–Trinajstić information content (AvgIpc) is 3.18. The Labute approximate surface area is 205 Å². The summed E-state index contributed by atoms with van der Waals surface area (Å²) >= 11 is 1.22. The normalized spacial score (nSPS) is 12.0. The van der Waals surface area contributed by atoms with E-state index in [2.05, 4.69) is 30.5 Å². The first-order valence-corrected chi connectivity index (χ1v) is 11.4. The van der Waals surface area contributed by atoms with E-state index >= 15 is 0 Å². The van der Waals surface area contributed by atoms with E-state index < -0.39 is 0 Å². The van der Waals surface area contributed by atoms with Crippen molar-refractivity contribution in [3.05, 3.63) is 69.0 Å². The van der Waals surface area contributed by atoms with E-state index in [0.29, 0.717) is 28.1 Å². The molecule has 11 nitrogen and oxygen atoms in total. The highest BCUT2D eigenvalue weighted by molar-refractivity contribution is 6.99. The molecule has 2 heterocycles. The molecule has 0 aliphatic heterocycles. The van der Waals surface area contributed by atoms with E-state index in [4.69, 9.17) is 4.74 Å². The molecule has 2 aromatic heterocycles. The number of hydrogen-bond donors (Lipinski definition) is 2. The molecule has 0 radical (unpaired) electrons. The molecule has 0 unspecified atom stereocenters. The number of H-pyrrole nitrogens is 1. The Balaban J connectivity index is 1.55. The predicted molar refractivity (Wildman–Crippen MR) is 137 cm³/mol. The van der Waals surface area contributed by atoms with Gasteiger partial charge in [0.15, 0.2) is 4.53 Å². The fraction of sp³-hybridized carbons (Fsp3) is 0.217. The van der Waals surface area contributed by atoms with E-state index in [9.17, 15) is 4.79 Å². The van der Waals surface area contributed by atoms with Crippen LogP contribution in [0.2, 0.25) is 0 Å². The van der Waals surface area contributed by atoms with Gasteiger partial charge in [0.25, 0.3) is 0 Å². The molecular formula is C23H26N9O2S+. The standard InChI is InChI=1S/C23H25N9O2S/c1-30(2)22-25-21(26-23(27-22)31(3)4)24-16-8-10-17(11-9-16)28-32-29-20(33)19(35-32)14-15-6-12-18(34-5)13-7-15/h6-14H,1-5H3,(H,29,33)/p+1/b19-14-. The SMILES string of the molecule is COc1ccc(/C=c2\s[n+](=Nc3ccc(Nc4nc(N(C)C)nc(N(C)C)n4)cc3)[nH]c2=O)cc1. The van der Waals surface area contributed by atoms with E-state index in [-0.39, 0.29) is 5.56 Å². The summed E-state index contributed by atoms with van der Waals surface area (Å²) in [6, 6.07) is 14.9. The van der Waals surface area contributed by atoms with Crippen molar-refractivity contribution >= 4 is 46.8 Å². The lowest BCUT2D eigenvalue weighted by atomic mass is 10.2. The van der Waals surface area contributed by atoms with Crippen molar-refractivity contribution in [3.8, 4) is 5.75 Å². The number of nitrogens with one attached hydrogen (secondary N) is 2. The second-order valence-electron chi connectivity index (χ2n) is 7.91. The predicted octanol–water partition coefficient (Wildman–Crippen LogP) is 1.99. The molecule has 4 aromatic rings. The quantitative estimate of drug-likeness (QED) is 0.376. The number of benzene rings is 2. The van der Waals surface area contributed by atoms with Crippen LogP contribution < -0.4 is 33.8 Å². The van der Waals surface area contributed by atoms with Crippen LogP contribution in [0.25, 0.3) is 6.08 Å². The number of rotatable bonds is 7. The van der Waals surface area contributed by atoms with Crippen molar-refractivity contribution in [1.29, 1.82) is 0 Å². The fourth-order valence-electron chi connectivity index (χ4n) is 2.94. The highest BCUT2D eigenvalue weighted by Gasteiger charge is 2.10. The summed E-state index contributed by atoms with van der Waals surface area (Å²) in [4.78, 5) is 29.3. The van der Waals surface area contributed by atoms with Gasteiger partial charge in [-0.15, -0.1) is 0 Å². The summed E-state index contributed by atoms with van der Waals surface area (Å²) < 4.78 is 7.15. The summed E-state index contributed by atoms with van der Waals surface area (Å²) in [5, 5.41) is 10.4. The van der Waals surface area contributed by atoms with Crippen LogP contribution in [-0.4, -0.2) is 55.4 Å². The number of hydrogen-bond acceptors (Lipinski definition) is 10. The smallest absolute Gasteiger partial charge is 0.325 e. The Kier molecular flexibility index (Phi) is 7.01. The molecule has 0 amide bonds. The van der Waals surface area contributed by atoms with Crippen molar-refractivity contribution in [2.45, 2.75) is 0 Å². The maximum Gasteiger partial charge on any atom is 0.325 e. The molecular weight excluding hydrogens is 466 g/mol. The number of ether oxygens (including phenoxy) is 1. The summed E-state index contributed by atoms with van der Waals surface area (Å²) in [5.74, 6) is 2.31. The molecule has 0 fully saturated rings. The summed E-state index contributed by atoms with van der Waals surface area (Å²) in [6.45, 7) is 0. The highest BCUT2D eigenvalue weighted by atomic mass is 32.1. The number of aromatic nitrogens is 5. The third kappa shape index (κ3) is 5.98. The molecule has 4 rings (SSSR count). The Morgan fingerprint density at radius 1 is 0.971 bits per heavy atom. The monoisotopic (exact) mass is 492 g/mol. The van der Waals surface area contributed by atoms with E-state index in [1.54, 1.807) is 13.2 Å². The molecule has 180 valence electrons. The largest absolute Gasteiger partial charge is 0.497 e. The Morgan fingerprint density at radius 3 is 2.17 bits per heavy atom. The van der Waals surface area contributed by atoms with E-state index in [0.717, 1.165) is 17.0 Å². The van der Waals surface area contributed by atoms with Crippen LogP contribution in [0.15, 0.2) is 58.4 Å². The van der Waals surface area contributed by atoms with Gasteiger partial charge in [0, 0.05) is 39.0 Å². The molecule has 12 heteroatoms. The zero-order valence-electron chi connectivity index (χ0n) is 20.1. The molecule has 0 saturated carbocycles. The molecule has 2 aromatic carbocycles. The Morgan fingerprint density at radius 2 is 1.60 bits per heavy atom. The van der Waals surface area contributed by atoms with Gasteiger partial charge in [-0.1, -0.05) is 17.2 Å². The van der Waals surface area contributed by atoms with Gasteiger partial charge in [0.2, 0.25) is 29.4 Å². The zero-order valence-corrected chi connectivity index (χ0v) is 20.9. The molecule has 0 bridgehead atoms. The van der Waals surface area contributed by atoms with E-state index in [1.807, 2.05) is 86.5 Å². The van der Waals surface area contributed by atoms with Crippen LogP contribution in [0.3, 0.4) is 0 Å². The van der Waals surface area contributed by atoms with Crippen LogP contribution in [0.4, 0.5) is 29.2 Å². The van der Waals surface area contributed by atoms with Gasteiger partial charge in [-0.25, -0.2) is 0 Å². The minimum absolute atomic E-state index is 0.212. The van der Waals surface area contributed by atoms with Gasteiger partial charge in [0.1, 0.15) is 15.3 Å². The minimum Gasteiger partial charge on any atom is -0.497 e. The van der Waals surface area contributed by atoms with Gasteiger partial charge in [-0.2, -0.15) is 15.0 Å². The molecule has 2 N–H and O–H groups in total. The molecule has 0 saturated heterocycles. The van der Waals surface area contributed by atoms with Crippen LogP contribution >= 0.6 is 11.5 Å². The van der Waals surface area contributed by atoms with Crippen molar-refractivity contribution in [1.82, 2.24) is 20.1 Å². The molecule has 0 atom stereocenters. The topological polar surface area (TPSA) is 118 Å². The number of nitrogens with zero attached hydrogens (tertiary/aromatic N) is 7. The van der Waals surface area contributed by atoms with Gasteiger partial charge < -0.3 is 19.9 Å². The van der Waals surface area contributed by atoms with Crippen molar-refractivity contribution in [2.24, 2.45) is 5.11 Å². The van der Waals surface area contributed by atoms with Crippen LogP contribution in [0.5, 0.6) is 5.75 Å². The van der Waals surface area contributed by atoms with Crippen LogP contribution in [0.1, 0.15) is 5.56 Å². The summed E-state index contributed by atoms with van der Waals surface area (Å²) in [6.07, 6.45) is 1.81. The van der Waals surface area contributed by atoms with E-state index in [1.165, 1.54) is 15.4 Å². The third-order valence-corrected chi connectivity index (χ3v) is 5.61. The third-order valence-electron chi connectivity index (χ3n) is 4.76. The van der Waals surface area contributed by atoms with Crippen molar-refractivity contribution in [3.63, 3.8) is 0 Å². The minimum atomic E-state index is -0.212. The summed E-state index contributed by atoms with van der Waals surface area (Å²) in [5.41, 5.74) is 2.15. The average molecular weight is 493 g/mol. The first-order chi connectivity index (χ1) is 16.8. The van der Waals surface area contributed by atoms with Gasteiger partial charge in [0.05, 0.1) is 7.11 Å². The van der Waals surface area contributed by atoms with Crippen molar-refractivity contribution in [2.75, 3.05) is 50.4 Å². The van der Waals surface area contributed by atoms with Gasteiger partial charge >= 0.3 is 5.56 Å². The number of aromatic amines is 1.